The number of benzene rings is 1. The van der Waals surface area contributed by atoms with E-state index in [1.807, 2.05) is 12.1 Å². The monoisotopic (exact) mass is 219 g/mol. The van der Waals surface area contributed by atoms with Crippen LogP contribution in [0.3, 0.4) is 0 Å². The molecule has 0 aliphatic rings. The predicted octanol–water partition coefficient (Wildman–Crippen LogP) is 0.941. The first-order valence-corrected chi connectivity index (χ1v) is 4.82. The van der Waals surface area contributed by atoms with Gasteiger partial charge in [0, 0.05) is 12.8 Å². The fourth-order valence-electron chi connectivity index (χ4n) is 1.35. The summed E-state index contributed by atoms with van der Waals surface area (Å²) in [5, 5.41) is 9.65. The second kappa shape index (κ2) is 4.32. The predicted molar refractivity (Wildman–Crippen MR) is 57.1 cm³/mol. The minimum absolute atomic E-state index is 0.0140. The van der Waals surface area contributed by atoms with Crippen LogP contribution in [0.4, 0.5) is 0 Å². The molecule has 1 aromatic carbocycles. The molecule has 1 atom stereocenters. The van der Waals surface area contributed by atoms with Crippen LogP contribution < -0.4 is 5.73 Å². The van der Waals surface area contributed by atoms with Gasteiger partial charge >= 0.3 is 0 Å². The minimum Gasteiger partial charge on any atom is -0.438 e. The number of carbonyl (C=O) groups excluding carboxylic acids is 1. The number of primary amides is 1. The van der Waals surface area contributed by atoms with Gasteiger partial charge in [0.15, 0.2) is 5.58 Å². The molecule has 0 spiro atoms. The maximum absolute atomic E-state index is 10.5. The van der Waals surface area contributed by atoms with E-state index in [2.05, 4.69) is 4.98 Å². The number of para-hydroxylation sites is 2. The van der Waals surface area contributed by atoms with Crippen molar-refractivity contribution in [2.24, 2.45) is 5.73 Å². The van der Waals surface area contributed by atoms with Crippen LogP contribution in [-0.4, -0.2) is 16.0 Å². The van der Waals surface area contributed by atoms with Crippen molar-refractivity contribution in [3.63, 3.8) is 0 Å². The van der Waals surface area contributed by atoms with Gasteiger partial charge in [-0.2, -0.15) is 0 Å². The van der Waals surface area contributed by atoms with Crippen LogP contribution in [0.2, 0.25) is 0 Å². The van der Waals surface area contributed by atoms with Gasteiger partial charge in [0.1, 0.15) is 11.6 Å². The lowest BCUT2D eigenvalue weighted by Crippen LogP contribution is -2.12. The van der Waals surface area contributed by atoms with Gasteiger partial charge in [-0.1, -0.05) is 12.1 Å². The molecular formula is C11H11N2O3. The molecule has 0 aliphatic heterocycles. The highest BCUT2D eigenvalue weighted by Gasteiger charge is 2.15. The molecule has 1 heterocycles. The first-order chi connectivity index (χ1) is 7.66. The Morgan fingerprint density at radius 3 is 3.00 bits per heavy atom. The maximum atomic E-state index is 10.5. The van der Waals surface area contributed by atoms with Crippen molar-refractivity contribution in [1.29, 1.82) is 0 Å². The number of rotatable bonds is 4. The number of aromatic nitrogens is 1. The molecule has 1 radical (unpaired) electrons. The molecule has 83 valence electrons. The summed E-state index contributed by atoms with van der Waals surface area (Å²) in [6, 6.07) is 7.18. The van der Waals surface area contributed by atoms with Crippen LogP contribution >= 0.6 is 0 Å². The van der Waals surface area contributed by atoms with Gasteiger partial charge in [0.2, 0.25) is 11.8 Å². The van der Waals surface area contributed by atoms with Gasteiger partial charge in [-0.25, -0.2) is 4.98 Å². The highest BCUT2D eigenvalue weighted by atomic mass is 16.4. The van der Waals surface area contributed by atoms with Crippen molar-refractivity contribution >= 4 is 17.0 Å². The van der Waals surface area contributed by atoms with Crippen LogP contribution in [-0.2, 0) is 4.79 Å². The Kier molecular flexibility index (Phi) is 2.87. The number of oxazole rings is 1. The number of hydrogen-bond acceptors (Lipinski definition) is 4. The van der Waals surface area contributed by atoms with E-state index in [0.717, 1.165) is 0 Å². The topological polar surface area (TPSA) is 89.4 Å². The van der Waals surface area contributed by atoms with Crippen LogP contribution in [0.15, 0.2) is 28.7 Å². The van der Waals surface area contributed by atoms with Gasteiger partial charge in [-0.05, 0) is 12.1 Å². The van der Waals surface area contributed by atoms with Crippen molar-refractivity contribution in [2.45, 2.75) is 12.5 Å². The van der Waals surface area contributed by atoms with Crippen molar-refractivity contribution in [3.05, 3.63) is 36.6 Å². The van der Waals surface area contributed by atoms with Gasteiger partial charge < -0.3 is 15.3 Å². The number of amides is 1. The molecule has 1 amide bonds. The Bertz CT molecular complexity index is 474. The summed E-state index contributed by atoms with van der Waals surface area (Å²) in [6.07, 6.45) is 0.326. The standard InChI is InChI=1S/C11H11N2O3/c12-10(15)6-5-8(14)11-13-7-3-1-2-4-9(7)16-11/h1-5,8,14H,6H2,(H2,12,15). The third-order valence-electron chi connectivity index (χ3n) is 2.11. The largest absolute Gasteiger partial charge is 0.438 e. The molecule has 1 unspecified atom stereocenters. The summed E-state index contributed by atoms with van der Waals surface area (Å²) in [4.78, 5) is 14.6. The number of aliphatic hydroxyl groups excluding tert-OH is 1. The molecule has 2 aromatic rings. The number of hydrogen-bond donors (Lipinski definition) is 2. The summed E-state index contributed by atoms with van der Waals surface area (Å²) in [5.41, 5.74) is 6.23. The second-order valence-corrected chi connectivity index (χ2v) is 3.37. The molecule has 0 saturated heterocycles. The van der Waals surface area contributed by atoms with E-state index in [0.29, 0.717) is 11.1 Å². The Labute approximate surface area is 91.9 Å². The number of aliphatic hydroxyl groups is 1. The lowest BCUT2D eigenvalue weighted by atomic mass is 10.2. The summed E-state index contributed by atoms with van der Waals surface area (Å²) in [6.45, 7) is 0. The van der Waals surface area contributed by atoms with Crippen LogP contribution in [0.25, 0.3) is 11.1 Å². The third-order valence-corrected chi connectivity index (χ3v) is 2.11. The molecule has 2 rings (SSSR count). The molecule has 0 fully saturated rings. The zero-order chi connectivity index (χ0) is 11.5. The highest BCUT2D eigenvalue weighted by Crippen LogP contribution is 2.21. The van der Waals surface area contributed by atoms with Crippen molar-refractivity contribution in [2.75, 3.05) is 0 Å². The molecule has 5 nitrogen and oxygen atoms in total. The van der Waals surface area contributed by atoms with Gasteiger partial charge in [-0.3, -0.25) is 4.79 Å². The molecular weight excluding hydrogens is 208 g/mol. The summed E-state index contributed by atoms with van der Waals surface area (Å²) < 4.78 is 5.32. The second-order valence-electron chi connectivity index (χ2n) is 3.37. The van der Waals surface area contributed by atoms with Crippen LogP contribution in [0.1, 0.15) is 18.4 Å². The first kappa shape index (κ1) is 10.6. The normalized spacial score (nSPS) is 12.8. The average molecular weight is 219 g/mol. The van der Waals surface area contributed by atoms with E-state index in [-0.39, 0.29) is 12.3 Å². The van der Waals surface area contributed by atoms with Gasteiger partial charge in [0.05, 0.1) is 0 Å². The summed E-state index contributed by atoms with van der Waals surface area (Å²) in [5.74, 6) is -0.336. The van der Waals surface area contributed by atoms with Gasteiger partial charge in [-0.15, -0.1) is 0 Å². The fraction of sp³-hybridized carbons (Fsp3) is 0.182. The van der Waals surface area contributed by atoms with Crippen molar-refractivity contribution in [1.82, 2.24) is 4.98 Å². The van der Waals surface area contributed by atoms with E-state index in [4.69, 9.17) is 10.2 Å². The molecule has 0 saturated carbocycles. The quantitative estimate of drug-likeness (QED) is 0.800. The lowest BCUT2D eigenvalue weighted by Gasteiger charge is -2.02. The van der Waals surface area contributed by atoms with E-state index >= 15 is 0 Å². The Hall–Kier alpha value is -1.88. The van der Waals surface area contributed by atoms with Crippen molar-refractivity contribution < 1.29 is 14.3 Å². The number of nitrogens with two attached hydrogens (primary N) is 1. The molecule has 1 aromatic heterocycles. The molecule has 16 heavy (non-hydrogen) atoms. The molecule has 3 N–H and O–H groups in total. The van der Waals surface area contributed by atoms with E-state index in [1.54, 1.807) is 12.1 Å². The smallest absolute Gasteiger partial charge is 0.224 e. The van der Waals surface area contributed by atoms with Crippen LogP contribution in [0, 0.1) is 6.42 Å². The average Bonchev–Trinajstić information content (AvgIpc) is 2.69. The van der Waals surface area contributed by atoms with E-state index in [9.17, 15) is 9.90 Å². The Balaban J connectivity index is 2.16. The van der Waals surface area contributed by atoms with Gasteiger partial charge in [0.25, 0.3) is 0 Å². The fourth-order valence-corrected chi connectivity index (χ4v) is 1.35. The Morgan fingerprint density at radius 1 is 1.56 bits per heavy atom. The summed E-state index contributed by atoms with van der Waals surface area (Å²) in [7, 11) is 0. The highest BCUT2D eigenvalue weighted by molar-refractivity contribution is 5.75. The zero-order valence-electron chi connectivity index (χ0n) is 8.46. The van der Waals surface area contributed by atoms with Crippen LogP contribution in [0.5, 0.6) is 0 Å². The SMILES string of the molecule is NC(=O)C[CH]C(O)c1nc2ccccc2o1. The Morgan fingerprint density at radius 2 is 2.31 bits per heavy atom. The number of nitrogens with zero attached hydrogens (tertiary/aromatic N) is 1. The van der Waals surface area contributed by atoms with E-state index in [1.165, 1.54) is 6.42 Å². The molecule has 5 heteroatoms. The van der Waals surface area contributed by atoms with Crippen molar-refractivity contribution in [3.8, 4) is 0 Å². The molecule has 0 bridgehead atoms. The van der Waals surface area contributed by atoms with E-state index < -0.39 is 12.0 Å². The minimum atomic E-state index is -1.01. The number of carbonyl (C=O) groups is 1. The lowest BCUT2D eigenvalue weighted by molar-refractivity contribution is -0.117. The third kappa shape index (κ3) is 2.20. The zero-order valence-corrected chi connectivity index (χ0v) is 8.46. The molecule has 0 aliphatic carbocycles. The first-order valence-electron chi connectivity index (χ1n) is 4.82. The number of fused-ring (bicyclic) bond motifs is 1. The maximum Gasteiger partial charge on any atom is 0.224 e. The summed E-state index contributed by atoms with van der Waals surface area (Å²) >= 11 is 0.